The van der Waals surface area contributed by atoms with E-state index in [2.05, 4.69) is 15.5 Å². The van der Waals surface area contributed by atoms with E-state index in [4.69, 9.17) is 25.6 Å². The fraction of sp³-hybridized carbons (Fsp3) is 0.348. The van der Waals surface area contributed by atoms with Crippen molar-refractivity contribution in [3.8, 4) is 22.9 Å². The predicted octanol–water partition coefficient (Wildman–Crippen LogP) is 3.76. The van der Waals surface area contributed by atoms with Gasteiger partial charge in [-0.2, -0.15) is 4.98 Å². The second kappa shape index (κ2) is 11.0. The molecule has 1 heterocycles. The third-order valence-corrected chi connectivity index (χ3v) is 5.40. The summed E-state index contributed by atoms with van der Waals surface area (Å²) in [6.07, 6.45) is 0.571. The van der Waals surface area contributed by atoms with E-state index in [-0.39, 0.29) is 18.4 Å². The number of carbonyl (C=O) groups excluding carboxylic acids is 1. The third-order valence-electron chi connectivity index (χ3n) is 5.06. The van der Waals surface area contributed by atoms with Crippen LogP contribution in [0, 0.1) is 0 Å². The summed E-state index contributed by atoms with van der Waals surface area (Å²) in [5.74, 6) is 1.90. The molecule has 0 spiro atoms. The predicted molar refractivity (Wildman–Crippen MR) is 122 cm³/mol. The molecule has 0 bridgehead atoms. The molecule has 0 unspecified atom stereocenters. The molecular formula is C23H27ClN4O4. The van der Waals surface area contributed by atoms with Crippen molar-refractivity contribution >= 4 is 17.5 Å². The smallest absolute Gasteiger partial charge is 0.227 e. The van der Waals surface area contributed by atoms with E-state index < -0.39 is 0 Å². The molecule has 3 aromatic rings. The van der Waals surface area contributed by atoms with Gasteiger partial charge in [-0.3, -0.25) is 4.79 Å². The van der Waals surface area contributed by atoms with Crippen molar-refractivity contribution in [3.05, 3.63) is 58.9 Å². The van der Waals surface area contributed by atoms with E-state index in [1.807, 2.05) is 49.3 Å². The van der Waals surface area contributed by atoms with Crippen molar-refractivity contribution < 1.29 is 18.8 Å². The maximum Gasteiger partial charge on any atom is 0.227 e. The van der Waals surface area contributed by atoms with Gasteiger partial charge in [-0.1, -0.05) is 35.0 Å². The molecule has 32 heavy (non-hydrogen) atoms. The van der Waals surface area contributed by atoms with Crippen molar-refractivity contribution in [1.29, 1.82) is 0 Å². The van der Waals surface area contributed by atoms with Crippen LogP contribution in [0.25, 0.3) is 11.4 Å². The van der Waals surface area contributed by atoms with Crippen LogP contribution in [0.2, 0.25) is 5.02 Å². The zero-order chi connectivity index (χ0) is 23.1. The maximum absolute atomic E-state index is 12.4. The van der Waals surface area contributed by atoms with Crippen molar-refractivity contribution in [2.75, 3.05) is 34.9 Å². The van der Waals surface area contributed by atoms with Gasteiger partial charge in [0.2, 0.25) is 17.6 Å². The van der Waals surface area contributed by atoms with E-state index in [0.717, 1.165) is 11.1 Å². The Morgan fingerprint density at radius 1 is 1.16 bits per heavy atom. The summed E-state index contributed by atoms with van der Waals surface area (Å²) in [6.45, 7) is 0.441. The van der Waals surface area contributed by atoms with Crippen LogP contribution in [0.15, 0.2) is 47.0 Å². The Labute approximate surface area is 192 Å². The minimum atomic E-state index is -0.102. The van der Waals surface area contributed by atoms with Crippen molar-refractivity contribution in [2.24, 2.45) is 0 Å². The number of nitrogens with zero attached hydrogens (tertiary/aromatic N) is 3. The highest BCUT2D eigenvalue weighted by atomic mass is 35.5. The molecule has 0 aliphatic heterocycles. The van der Waals surface area contributed by atoms with Crippen LogP contribution < -0.4 is 14.8 Å². The first-order chi connectivity index (χ1) is 15.4. The first-order valence-corrected chi connectivity index (χ1v) is 10.5. The maximum atomic E-state index is 12.4. The van der Waals surface area contributed by atoms with Gasteiger partial charge < -0.3 is 24.2 Å². The molecule has 170 valence electrons. The summed E-state index contributed by atoms with van der Waals surface area (Å²) < 4.78 is 15.9. The molecule has 9 heteroatoms. The first-order valence-electron chi connectivity index (χ1n) is 10.2. The number of aromatic nitrogens is 2. The van der Waals surface area contributed by atoms with Crippen molar-refractivity contribution in [3.63, 3.8) is 0 Å². The molecule has 1 amide bonds. The highest BCUT2D eigenvalue weighted by Crippen LogP contribution is 2.31. The van der Waals surface area contributed by atoms with Crippen LogP contribution in [0.3, 0.4) is 0 Å². The fourth-order valence-corrected chi connectivity index (χ4v) is 3.55. The van der Waals surface area contributed by atoms with E-state index in [1.54, 1.807) is 26.4 Å². The molecule has 0 radical (unpaired) electrons. The average Bonchev–Trinajstić information content (AvgIpc) is 3.27. The zero-order valence-corrected chi connectivity index (χ0v) is 19.3. The SMILES string of the molecule is COc1ccc(-c2noc(CCC(=O)NC[C@H](c3ccccc3Cl)N(C)C)n2)cc1OC. The number of carbonyl (C=O) groups is 1. The number of ether oxygens (including phenoxy) is 2. The molecule has 0 aliphatic carbocycles. The molecule has 1 N–H and O–H groups in total. The number of rotatable bonds is 10. The van der Waals surface area contributed by atoms with Gasteiger partial charge in [0.15, 0.2) is 11.5 Å². The normalized spacial score (nSPS) is 11.9. The van der Waals surface area contributed by atoms with Gasteiger partial charge in [-0.25, -0.2) is 0 Å². The van der Waals surface area contributed by atoms with Gasteiger partial charge in [-0.15, -0.1) is 0 Å². The highest BCUT2D eigenvalue weighted by molar-refractivity contribution is 6.31. The number of hydrogen-bond acceptors (Lipinski definition) is 7. The lowest BCUT2D eigenvalue weighted by Crippen LogP contribution is -2.34. The Kier molecular flexibility index (Phi) is 8.08. The number of methoxy groups -OCH3 is 2. The fourth-order valence-electron chi connectivity index (χ4n) is 3.28. The minimum Gasteiger partial charge on any atom is -0.493 e. The van der Waals surface area contributed by atoms with E-state index in [0.29, 0.717) is 41.2 Å². The van der Waals surface area contributed by atoms with Crippen LogP contribution >= 0.6 is 11.6 Å². The van der Waals surface area contributed by atoms with E-state index in [9.17, 15) is 4.79 Å². The van der Waals surface area contributed by atoms with Gasteiger partial charge in [-0.05, 0) is 43.9 Å². The average molecular weight is 459 g/mol. The number of likely N-dealkylation sites (N-methyl/N-ethyl adjacent to an activating group) is 1. The first kappa shape index (κ1) is 23.6. The molecule has 1 atom stereocenters. The van der Waals surface area contributed by atoms with Gasteiger partial charge in [0.1, 0.15) is 0 Å². The Morgan fingerprint density at radius 2 is 1.91 bits per heavy atom. The Hall–Kier alpha value is -3.10. The minimum absolute atomic E-state index is 0.0345. The summed E-state index contributed by atoms with van der Waals surface area (Å²) in [6, 6.07) is 13.0. The summed E-state index contributed by atoms with van der Waals surface area (Å²) in [5.41, 5.74) is 1.70. The van der Waals surface area contributed by atoms with Gasteiger partial charge in [0.25, 0.3) is 0 Å². The number of halogens is 1. The Morgan fingerprint density at radius 3 is 2.59 bits per heavy atom. The molecule has 0 saturated carbocycles. The summed E-state index contributed by atoms with van der Waals surface area (Å²) in [5, 5.41) is 7.65. The van der Waals surface area contributed by atoms with Crippen LogP contribution in [0.1, 0.15) is 23.9 Å². The summed E-state index contributed by atoms with van der Waals surface area (Å²) >= 11 is 6.33. The van der Waals surface area contributed by atoms with Gasteiger partial charge in [0.05, 0.1) is 20.3 Å². The highest BCUT2D eigenvalue weighted by Gasteiger charge is 2.18. The molecule has 1 aromatic heterocycles. The molecule has 8 nitrogen and oxygen atoms in total. The topological polar surface area (TPSA) is 89.7 Å². The molecule has 3 rings (SSSR count). The number of hydrogen-bond donors (Lipinski definition) is 1. The monoisotopic (exact) mass is 458 g/mol. The van der Waals surface area contributed by atoms with Crippen molar-refractivity contribution in [2.45, 2.75) is 18.9 Å². The van der Waals surface area contributed by atoms with Crippen LogP contribution in [0.5, 0.6) is 11.5 Å². The Balaban J connectivity index is 1.57. The Bertz CT molecular complexity index is 1050. The van der Waals surface area contributed by atoms with E-state index in [1.165, 1.54) is 0 Å². The standard InChI is InChI=1S/C23H27ClN4O4/c1-28(2)18(16-7-5-6-8-17(16)24)14-25-21(29)11-12-22-26-23(27-32-22)15-9-10-19(30-3)20(13-15)31-4/h5-10,13,18H,11-12,14H2,1-4H3,(H,25,29)/t18-/m1/s1. The number of amides is 1. The molecule has 0 fully saturated rings. The molecular weight excluding hydrogens is 432 g/mol. The lowest BCUT2D eigenvalue weighted by molar-refractivity contribution is -0.121. The number of aryl methyl sites for hydroxylation is 1. The van der Waals surface area contributed by atoms with E-state index >= 15 is 0 Å². The quantitative estimate of drug-likeness (QED) is 0.494. The third kappa shape index (κ3) is 5.77. The lowest BCUT2D eigenvalue weighted by atomic mass is 10.1. The largest absolute Gasteiger partial charge is 0.493 e. The lowest BCUT2D eigenvalue weighted by Gasteiger charge is -2.26. The van der Waals surface area contributed by atoms with Crippen LogP contribution in [0.4, 0.5) is 0 Å². The zero-order valence-electron chi connectivity index (χ0n) is 18.6. The molecule has 2 aromatic carbocycles. The van der Waals surface area contributed by atoms with Crippen molar-refractivity contribution in [1.82, 2.24) is 20.4 Å². The summed E-state index contributed by atoms with van der Waals surface area (Å²) in [4.78, 5) is 18.8. The second-order valence-corrected chi connectivity index (χ2v) is 7.79. The van der Waals surface area contributed by atoms with Crippen LogP contribution in [-0.4, -0.2) is 55.8 Å². The van der Waals surface area contributed by atoms with Gasteiger partial charge in [0, 0.05) is 30.0 Å². The van der Waals surface area contributed by atoms with Gasteiger partial charge >= 0.3 is 0 Å². The number of nitrogens with one attached hydrogen (secondary N) is 1. The molecule has 0 aliphatic rings. The number of benzene rings is 2. The molecule has 0 saturated heterocycles. The second-order valence-electron chi connectivity index (χ2n) is 7.39. The van der Waals surface area contributed by atoms with Crippen LogP contribution in [-0.2, 0) is 11.2 Å². The summed E-state index contributed by atoms with van der Waals surface area (Å²) in [7, 11) is 7.04.